The molecule has 1 atom stereocenters. The predicted molar refractivity (Wildman–Crippen MR) is 140 cm³/mol. The van der Waals surface area contributed by atoms with Crippen molar-refractivity contribution in [1.82, 2.24) is 34.4 Å². The SMILES string of the molecule is CC(C)(C)OC(=O)NC1COCCN(C(=O)c2cc3c(cn2)c(-c2cnc4ccc(F)cn24)nn3CC(F)(F)F)C1.F. The Morgan fingerprint density at radius 3 is 2.64 bits per heavy atom. The summed E-state index contributed by atoms with van der Waals surface area (Å²) < 4.78 is 67.4. The van der Waals surface area contributed by atoms with Crippen molar-refractivity contribution in [3.63, 3.8) is 0 Å². The molecule has 0 spiro atoms. The van der Waals surface area contributed by atoms with Crippen LogP contribution in [0.4, 0.5) is 27.1 Å². The normalized spacial score (nSPS) is 16.3. The Balaban J connectivity index is 0.00000405. The van der Waals surface area contributed by atoms with E-state index in [2.05, 4.69) is 20.4 Å². The Kier molecular flexibility index (Phi) is 8.39. The quantitative estimate of drug-likeness (QED) is 0.354. The van der Waals surface area contributed by atoms with Gasteiger partial charge in [0.15, 0.2) is 0 Å². The van der Waals surface area contributed by atoms with Crippen molar-refractivity contribution in [2.24, 2.45) is 0 Å². The highest BCUT2D eigenvalue weighted by atomic mass is 19.4. The van der Waals surface area contributed by atoms with Gasteiger partial charge in [-0.25, -0.2) is 14.2 Å². The summed E-state index contributed by atoms with van der Waals surface area (Å²) in [5.41, 5.74) is -0.102. The maximum Gasteiger partial charge on any atom is 0.408 e. The number of nitrogens with one attached hydrogen (secondary N) is 1. The molecular weight excluding hydrogens is 569 g/mol. The van der Waals surface area contributed by atoms with Crippen LogP contribution in [-0.2, 0) is 16.0 Å². The van der Waals surface area contributed by atoms with Gasteiger partial charge in [-0.2, -0.15) is 18.3 Å². The number of ether oxygens (including phenoxy) is 2. The Bertz CT molecular complexity index is 1610. The van der Waals surface area contributed by atoms with Gasteiger partial charge in [0.05, 0.1) is 36.7 Å². The zero-order valence-electron chi connectivity index (χ0n) is 22.8. The number of imidazole rings is 1. The van der Waals surface area contributed by atoms with E-state index in [1.807, 2.05) is 0 Å². The van der Waals surface area contributed by atoms with E-state index in [0.717, 1.165) is 10.9 Å². The summed E-state index contributed by atoms with van der Waals surface area (Å²) in [6, 6.07) is 3.30. The van der Waals surface area contributed by atoms with E-state index in [-0.39, 0.29) is 59.0 Å². The molecule has 42 heavy (non-hydrogen) atoms. The van der Waals surface area contributed by atoms with Crippen molar-refractivity contribution >= 4 is 28.6 Å². The van der Waals surface area contributed by atoms with Gasteiger partial charge < -0.3 is 19.7 Å². The second-order valence-electron chi connectivity index (χ2n) is 10.6. The molecule has 0 radical (unpaired) electrons. The highest BCUT2D eigenvalue weighted by Gasteiger charge is 2.32. The second-order valence-corrected chi connectivity index (χ2v) is 10.6. The Morgan fingerprint density at radius 1 is 1.17 bits per heavy atom. The average molecular weight is 598 g/mol. The number of rotatable bonds is 4. The summed E-state index contributed by atoms with van der Waals surface area (Å²) in [7, 11) is 0. The van der Waals surface area contributed by atoms with Gasteiger partial charge in [0.25, 0.3) is 5.91 Å². The summed E-state index contributed by atoms with van der Waals surface area (Å²) in [6.45, 7) is 4.29. The smallest absolute Gasteiger partial charge is 0.408 e. The molecule has 1 saturated heterocycles. The molecule has 0 bridgehead atoms. The minimum atomic E-state index is -4.61. The number of amides is 2. The van der Waals surface area contributed by atoms with Crippen LogP contribution in [0.15, 0.2) is 36.8 Å². The molecule has 2 amide bonds. The predicted octanol–water partition coefficient (Wildman–Crippen LogP) is 3.97. The van der Waals surface area contributed by atoms with E-state index in [9.17, 15) is 27.2 Å². The number of alkyl halides is 3. The highest BCUT2D eigenvalue weighted by molar-refractivity contribution is 5.99. The maximum absolute atomic E-state index is 14.0. The lowest BCUT2D eigenvalue weighted by Gasteiger charge is -2.26. The summed E-state index contributed by atoms with van der Waals surface area (Å²) in [5.74, 6) is -1.13. The van der Waals surface area contributed by atoms with Crippen molar-refractivity contribution in [2.75, 3.05) is 26.3 Å². The Morgan fingerprint density at radius 2 is 1.93 bits per heavy atom. The van der Waals surface area contributed by atoms with Crippen LogP contribution in [-0.4, -0.2) is 85.2 Å². The van der Waals surface area contributed by atoms with E-state index in [0.29, 0.717) is 5.65 Å². The van der Waals surface area contributed by atoms with Gasteiger partial charge in [-0.05, 0) is 39.0 Å². The zero-order valence-corrected chi connectivity index (χ0v) is 22.8. The summed E-state index contributed by atoms with van der Waals surface area (Å²) in [6.07, 6.45) is -1.49. The first kappa shape index (κ1) is 30.6. The van der Waals surface area contributed by atoms with Crippen molar-refractivity contribution < 1.29 is 41.3 Å². The number of alkyl carbamates (subject to hydrolysis) is 1. The van der Waals surface area contributed by atoms with Crippen molar-refractivity contribution in [3.8, 4) is 11.4 Å². The number of carbonyl (C=O) groups excluding carboxylic acids is 2. The van der Waals surface area contributed by atoms with Crippen LogP contribution in [0, 0.1) is 5.82 Å². The lowest BCUT2D eigenvalue weighted by Crippen LogP contribution is -2.47. The van der Waals surface area contributed by atoms with Crippen LogP contribution in [0.25, 0.3) is 27.9 Å². The average Bonchev–Trinajstić information content (AvgIpc) is 3.34. The summed E-state index contributed by atoms with van der Waals surface area (Å²) in [4.78, 5) is 35.5. The van der Waals surface area contributed by atoms with E-state index >= 15 is 0 Å². The number of nitrogens with zero attached hydrogens (tertiary/aromatic N) is 6. The molecule has 1 fully saturated rings. The molecule has 5 rings (SSSR count). The first-order chi connectivity index (χ1) is 19.3. The topological polar surface area (TPSA) is 116 Å². The molecule has 0 saturated carbocycles. The molecule has 1 aliphatic rings. The number of fused-ring (bicyclic) bond motifs is 2. The monoisotopic (exact) mass is 597 g/mol. The molecule has 16 heteroatoms. The number of carbonyl (C=O) groups is 2. The van der Waals surface area contributed by atoms with Crippen molar-refractivity contribution in [2.45, 2.75) is 45.1 Å². The highest BCUT2D eigenvalue weighted by Crippen LogP contribution is 2.31. The van der Waals surface area contributed by atoms with E-state index in [4.69, 9.17) is 9.47 Å². The minimum absolute atomic E-state index is 0. The third-order valence-corrected chi connectivity index (χ3v) is 6.17. The van der Waals surface area contributed by atoms with Gasteiger partial charge in [-0.3, -0.25) is 23.6 Å². The standard InChI is InChI=1S/C26H27F4N7O4.FH/c1-25(2,3)41-24(39)33-16-12-35(6-7-40-13-16)23(38)18-8-19-17(9-31-18)22(34-37(19)14-26(28,29)30)20-10-32-21-5-4-15(27)11-36(20)21;/h4-5,8-11,16H,6-7,12-14H2,1-3H3,(H,33,39);1H. The molecule has 5 heterocycles. The molecular formula is C26H28F5N7O4. The molecule has 11 nitrogen and oxygen atoms in total. The fourth-order valence-electron chi connectivity index (χ4n) is 4.51. The largest absolute Gasteiger partial charge is 0.444 e. The molecule has 0 aliphatic carbocycles. The fourth-order valence-corrected chi connectivity index (χ4v) is 4.51. The Hall–Kier alpha value is -4.34. The van der Waals surface area contributed by atoms with Gasteiger partial charge in [0, 0.05) is 30.9 Å². The number of hydrogen-bond donors (Lipinski definition) is 1. The van der Waals surface area contributed by atoms with Crippen LogP contribution in [0.2, 0.25) is 0 Å². The molecule has 4 aromatic heterocycles. The van der Waals surface area contributed by atoms with Gasteiger partial charge in [0.1, 0.15) is 35.0 Å². The van der Waals surface area contributed by atoms with Crippen LogP contribution in [0.3, 0.4) is 0 Å². The van der Waals surface area contributed by atoms with E-state index < -0.39 is 42.2 Å². The first-order valence-electron chi connectivity index (χ1n) is 12.7. The minimum Gasteiger partial charge on any atom is -0.444 e. The van der Waals surface area contributed by atoms with Crippen molar-refractivity contribution in [3.05, 3.63) is 48.3 Å². The van der Waals surface area contributed by atoms with Crippen LogP contribution >= 0.6 is 0 Å². The fraction of sp³-hybridized carbons (Fsp3) is 0.423. The van der Waals surface area contributed by atoms with E-state index in [1.165, 1.54) is 39.9 Å². The summed E-state index contributed by atoms with van der Waals surface area (Å²) in [5, 5.41) is 7.07. The number of pyridine rings is 2. The summed E-state index contributed by atoms with van der Waals surface area (Å²) >= 11 is 0. The van der Waals surface area contributed by atoms with Crippen LogP contribution in [0.5, 0.6) is 0 Å². The second kappa shape index (κ2) is 11.5. The van der Waals surface area contributed by atoms with Gasteiger partial charge in [-0.1, -0.05) is 0 Å². The van der Waals surface area contributed by atoms with Gasteiger partial charge >= 0.3 is 12.3 Å². The lowest BCUT2D eigenvalue weighted by atomic mass is 10.2. The van der Waals surface area contributed by atoms with Gasteiger partial charge in [0.2, 0.25) is 0 Å². The molecule has 1 unspecified atom stereocenters. The third kappa shape index (κ3) is 6.75. The molecule has 1 N–H and O–H groups in total. The molecule has 1 aliphatic heterocycles. The number of aromatic nitrogens is 5. The van der Waals surface area contributed by atoms with Crippen molar-refractivity contribution in [1.29, 1.82) is 0 Å². The maximum atomic E-state index is 14.0. The number of halogens is 5. The van der Waals surface area contributed by atoms with E-state index in [1.54, 1.807) is 20.8 Å². The lowest BCUT2D eigenvalue weighted by molar-refractivity contribution is -0.141. The Labute approximate surface area is 235 Å². The van der Waals surface area contributed by atoms with Gasteiger partial charge in [-0.15, -0.1) is 0 Å². The zero-order chi connectivity index (χ0) is 29.5. The first-order valence-corrected chi connectivity index (χ1v) is 12.7. The number of hydrogen-bond acceptors (Lipinski definition) is 7. The van der Waals surface area contributed by atoms with Crippen LogP contribution < -0.4 is 5.32 Å². The third-order valence-electron chi connectivity index (χ3n) is 6.17. The van der Waals surface area contributed by atoms with Crippen LogP contribution in [0.1, 0.15) is 31.3 Å². The molecule has 4 aromatic rings. The molecule has 0 aromatic carbocycles. The molecule has 226 valence electrons.